The van der Waals surface area contributed by atoms with Crippen molar-refractivity contribution in [2.75, 3.05) is 18.4 Å². The van der Waals surface area contributed by atoms with Crippen LogP contribution in [0.3, 0.4) is 0 Å². The molecule has 10 nitrogen and oxygen atoms in total. The third kappa shape index (κ3) is 7.28. The average molecular weight is 523 g/mol. The largest absolute Gasteiger partial charge is 0.444 e. The van der Waals surface area contributed by atoms with Gasteiger partial charge in [-0.05, 0) is 58.7 Å². The topological polar surface area (TPSA) is 137 Å². The predicted octanol–water partition coefficient (Wildman–Crippen LogP) is 4.04. The van der Waals surface area contributed by atoms with Crippen LogP contribution >= 0.6 is 0 Å². The summed E-state index contributed by atoms with van der Waals surface area (Å²) >= 11 is 0. The van der Waals surface area contributed by atoms with Gasteiger partial charge in [0.2, 0.25) is 0 Å². The Bertz CT molecular complexity index is 1210. The quantitative estimate of drug-likeness (QED) is 0.425. The van der Waals surface area contributed by atoms with Crippen LogP contribution in [0.5, 0.6) is 0 Å². The number of hydrogen-bond donors (Lipinski definition) is 4. The highest BCUT2D eigenvalue weighted by Crippen LogP contribution is 2.29. The lowest BCUT2D eigenvalue weighted by molar-refractivity contribution is -0.628. The highest BCUT2D eigenvalue weighted by Gasteiger charge is 2.30. The van der Waals surface area contributed by atoms with E-state index in [-0.39, 0.29) is 17.7 Å². The molecule has 0 bridgehead atoms. The standard InChI is InChI=1S/C28H39N7O3/c1-27(2,3)38-26(37)35-13-9-21(10-14-35)30-18-20(16-29)19-15-23-22(31-17-19)7-8-24(32-23)33-25(36)34-28(4)11-5-6-12-28/h7-8,15-18,21,29-30H,5-6,9-14H2,1-4H3,(H2,32,33,34,36)/p+1/b20-18+,29-16?. The Morgan fingerprint density at radius 1 is 1.18 bits per heavy atom. The molecule has 1 saturated carbocycles. The SMILES string of the molecule is CC1(NC(=O)Nc2ccc3ncc(/C(C=N)=C/[NH2+]C4CCN(C(=O)OC(C)(C)C)CC4)cc3n2)CCCC1. The minimum absolute atomic E-state index is 0.165. The number of nitrogens with one attached hydrogen (secondary N) is 3. The van der Waals surface area contributed by atoms with Gasteiger partial charge in [-0.25, -0.2) is 14.6 Å². The number of piperidine rings is 1. The molecule has 3 amide bonds. The summed E-state index contributed by atoms with van der Waals surface area (Å²) in [5.41, 5.74) is 2.20. The minimum Gasteiger partial charge on any atom is -0.444 e. The monoisotopic (exact) mass is 522 g/mol. The molecular weight excluding hydrogens is 482 g/mol. The zero-order chi connectivity index (χ0) is 27.3. The highest BCUT2D eigenvalue weighted by atomic mass is 16.6. The predicted molar refractivity (Wildman–Crippen MR) is 148 cm³/mol. The van der Waals surface area contributed by atoms with E-state index in [1.54, 1.807) is 17.2 Å². The molecule has 0 aromatic carbocycles. The molecule has 1 aliphatic heterocycles. The summed E-state index contributed by atoms with van der Waals surface area (Å²) in [6.07, 6.45) is 10.6. The number of carbonyl (C=O) groups is 2. The van der Waals surface area contributed by atoms with Gasteiger partial charge in [0.05, 0.1) is 22.6 Å². The summed E-state index contributed by atoms with van der Waals surface area (Å²) in [5, 5.41) is 16.0. The van der Waals surface area contributed by atoms with Crippen LogP contribution in [0.1, 0.15) is 71.8 Å². The van der Waals surface area contributed by atoms with Crippen LogP contribution in [0.2, 0.25) is 0 Å². The lowest BCUT2D eigenvalue weighted by atomic mass is 10.0. The number of aromatic nitrogens is 2. The fourth-order valence-corrected chi connectivity index (χ4v) is 5.00. The van der Waals surface area contributed by atoms with E-state index in [0.717, 1.165) is 49.7 Å². The van der Waals surface area contributed by atoms with Crippen LogP contribution in [-0.4, -0.2) is 63.5 Å². The van der Waals surface area contributed by atoms with Gasteiger partial charge in [-0.1, -0.05) is 12.8 Å². The van der Waals surface area contributed by atoms with Gasteiger partial charge in [0.1, 0.15) is 17.6 Å². The van der Waals surface area contributed by atoms with E-state index >= 15 is 0 Å². The lowest BCUT2D eigenvalue weighted by Crippen LogP contribution is -2.86. The Balaban J connectivity index is 1.38. The zero-order valence-corrected chi connectivity index (χ0v) is 22.8. The summed E-state index contributed by atoms with van der Waals surface area (Å²) in [5.74, 6) is 0.458. The molecule has 0 spiro atoms. The van der Waals surface area contributed by atoms with E-state index < -0.39 is 5.60 Å². The van der Waals surface area contributed by atoms with E-state index in [0.29, 0.717) is 36.0 Å². The number of allylic oxidation sites excluding steroid dienone is 1. The van der Waals surface area contributed by atoms with Crippen molar-refractivity contribution in [2.45, 2.75) is 83.4 Å². The number of amides is 3. The molecule has 2 aromatic rings. The van der Waals surface area contributed by atoms with Crippen molar-refractivity contribution < 1.29 is 19.6 Å². The number of rotatable bonds is 6. The molecule has 1 saturated heterocycles. The van der Waals surface area contributed by atoms with Crippen LogP contribution in [0.25, 0.3) is 16.6 Å². The summed E-state index contributed by atoms with van der Waals surface area (Å²) in [4.78, 5) is 35.7. The summed E-state index contributed by atoms with van der Waals surface area (Å²) in [6, 6.07) is 5.52. The molecule has 3 heterocycles. The number of pyridine rings is 2. The van der Waals surface area contributed by atoms with Crippen LogP contribution in [0, 0.1) is 5.41 Å². The third-order valence-electron chi connectivity index (χ3n) is 7.13. The number of nitrogens with zero attached hydrogens (tertiary/aromatic N) is 3. The molecule has 4 rings (SSSR count). The van der Waals surface area contributed by atoms with Gasteiger partial charge < -0.3 is 25.7 Å². The summed E-state index contributed by atoms with van der Waals surface area (Å²) in [6.45, 7) is 8.99. The lowest BCUT2D eigenvalue weighted by Gasteiger charge is -2.32. The van der Waals surface area contributed by atoms with Crippen molar-refractivity contribution in [3.63, 3.8) is 0 Å². The normalized spacial score (nSPS) is 18.3. The van der Waals surface area contributed by atoms with Gasteiger partial charge in [-0.15, -0.1) is 0 Å². The molecule has 2 aromatic heterocycles. The molecular formula is C28H40N7O3+. The maximum absolute atomic E-state index is 12.5. The zero-order valence-electron chi connectivity index (χ0n) is 22.8. The van der Waals surface area contributed by atoms with E-state index in [1.807, 2.05) is 39.1 Å². The molecule has 5 N–H and O–H groups in total. The highest BCUT2D eigenvalue weighted by molar-refractivity contribution is 6.08. The third-order valence-corrected chi connectivity index (χ3v) is 7.13. The molecule has 0 radical (unpaired) electrons. The number of nitrogens with two attached hydrogens (primary N) is 1. The number of urea groups is 1. The second kappa shape index (κ2) is 11.5. The number of carbonyl (C=O) groups excluding carboxylic acids is 2. The minimum atomic E-state index is -0.499. The molecule has 1 aliphatic carbocycles. The first-order valence-corrected chi connectivity index (χ1v) is 13.4. The van der Waals surface area contributed by atoms with Crippen molar-refractivity contribution in [3.05, 3.63) is 36.2 Å². The molecule has 38 heavy (non-hydrogen) atoms. The molecule has 10 heteroatoms. The Morgan fingerprint density at radius 2 is 1.89 bits per heavy atom. The van der Waals surface area contributed by atoms with Gasteiger partial charge >= 0.3 is 12.1 Å². The Kier molecular flexibility index (Phi) is 8.30. The summed E-state index contributed by atoms with van der Waals surface area (Å²) < 4.78 is 5.48. The maximum atomic E-state index is 12.5. The van der Waals surface area contributed by atoms with Crippen LogP contribution in [0.15, 0.2) is 30.6 Å². The first-order valence-electron chi connectivity index (χ1n) is 13.4. The number of fused-ring (bicyclic) bond motifs is 1. The van der Waals surface area contributed by atoms with Crippen molar-refractivity contribution in [2.24, 2.45) is 0 Å². The molecule has 204 valence electrons. The fraction of sp³-hybridized carbons (Fsp3) is 0.536. The molecule has 2 aliphatic rings. The number of quaternary nitrogens is 1. The van der Waals surface area contributed by atoms with E-state index in [4.69, 9.17) is 10.1 Å². The molecule has 2 fully saturated rings. The maximum Gasteiger partial charge on any atom is 0.410 e. The number of anilines is 1. The second-order valence-corrected chi connectivity index (χ2v) is 11.6. The van der Waals surface area contributed by atoms with Crippen LogP contribution in [-0.2, 0) is 4.74 Å². The first-order chi connectivity index (χ1) is 18.0. The molecule has 0 unspecified atom stereocenters. The first kappa shape index (κ1) is 27.5. The van der Waals surface area contributed by atoms with Crippen molar-refractivity contribution >= 4 is 40.8 Å². The fourth-order valence-electron chi connectivity index (χ4n) is 5.00. The Morgan fingerprint density at radius 3 is 2.55 bits per heavy atom. The van der Waals surface area contributed by atoms with Crippen LogP contribution in [0.4, 0.5) is 15.4 Å². The van der Waals surface area contributed by atoms with Gasteiger partial charge in [0, 0.05) is 49.4 Å². The number of ether oxygens (including phenoxy) is 1. The smallest absolute Gasteiger partial charge is 0.410 e. The van der Waals surface area contributed by atoms with Gasteiger partial charge in [-0.2, -0.15) is 0 Å². The van der Waals surface area contributed by atoms with Gasteiger partial charge in [0.25, 0.3) is 0 Å². The molecule has 0 atom stereocenters. The van der Waals surface area contributed by atoms with E-state index in [2.05, 4.69) is 32.8 Å². The number of hydrogen-bond acceptors (Lipinski definition) is 6. The Labute approximate surface area is 224 Å². The van der Waals surface area contributed by atoms with Crippen molar-refractivity contribution in [1.29, 1.82) is 5.41 Å². The van der Waals surface area contributed by atoms with Crippen molar-refractivity contribution in [1.82, 2.24) is 20.2 Å². The average Bonchev–Trinajstić information content (AvgIpc) is 3.29. The summed E-state index contributed by atoms with van der Waals surface area (Å²) in [7, 11) is 0. The van der Waals surface area contributed by atoms with Gasteiger partial charge in [-0.3, -0.25) is 10.3 Å². The van der Waals surface area contributed by atoms with Crippen molar-refractivity contribution in [3.8, 4) is 0 Å². The Hall–Kier alpha value is -3.53. The van der Waals surface area contributed by atoms with Crippen LogP contribution < -0.4 is 16.0 Å². The van der Waals surface area contributed by atoms with Gasteiger partial charge in [0.15, 0.2) is 0 Å². The van der Waals surface area contributed by atoms with E-state index in [9.17, 15) is 9.59 Å². The second-order valence-electron chi connectivity index (χ2n) is 11.6. The van der Waals surface area contributed by atoms with E-state index in [1.165, 1.54) is 6.21 Å². The number of likely N-dealkylation sites (tertiary alicyclic amines) is 1.